The molecule has 5 atom stereocenters. The summed E-state index contributed by atoms with van der Waals surface area (Å²) in [5.41, 5.74) is 1.98. The Bertz CT molecular complexity index is 866. The van der Waals surface area contributed by atoms with E-state index in [1.54, 1.807) is 6.26 Å². The highest BCUT2D eigenvalue weighted by atomic mass is 35.5. The van der Waals surface area contributed by atoms with Crippen LogP contribution in [0.5, 0.6) is 0 Å². The van der Waals surface area contributed by atoms with Crippen molar-refractivity contribution in [1.82, 2.24) is 0 Å². The summed E-state index contributed by atoms with van der Waals surface area (Å²) in [6, 6.07) is 5.77. The number of benzene rings is 1. The normalized spacial score (nSPS) is 36.0. The SMILES string of the molecule is CC1(C)[C@H]2C[C@@H]1[C@]1(C)OB([C@H](Cl)Cc3coc4c(Cl)cccc34)OCC21. The molecule has 1 aliphatic heterocycles. The van der Waals surface area contributed by atoms with Crippen molar-refractivity contribution in [3.8, 4) is 0 Å². The van der Waals surface area contributed by atoms with Crippen LogP contribution < -0.4 is 0 Å². The molecule has 0 amide bonds. The smallest absolute Gasteiger partial charge is 0.462 e. The van der Waals surface area contributed by atoms with Crippen LogP contribution >= 0.6 is 23.2 Å². The van der Waals surface area contributed by atoms with Crippen molar-refractivity contribution in [2.45, 2.75) is 44.5 Å². The molecular weight excluding hydrogens is 370 g/mol. The van der Waals surface area contributed by atoms with Gasteiger partial charge in [0, 0.05) is 17.9 Å². The third-order valence-corrected chi connectivity index (χ3v) is 8.07. The predicted molar refractivity (Wildman–Crippen MR) is 105 cm³/mol. The van der Waals surface area contributed by atoms with E-state index >= 15 is 0 Å². The second-order valence-corrected chi connectivity index (χ2v) is 9.89. The summed E-state index contributed by atoms with van der Waals surface area (Å²) in [6.07, 6.45) is 3.62. The molecule has 2 bridgehead atoms. The minimum Gasteiger partial charge on any atom is -0.462 e. The van der Waals surface area contributed by atoms with Gasteiger partial charge in [0.05, 0.1) is 22.2 Å². The van der Waals surface area contributed by atoms with E-state index in [-0.39, 0.29) is 10.9 Å². The number of alkyl halides is 1. The minimum atomic E-state index is -0.391. The summed E-state index contributed by atoms with van der Waals surface area (Å²) in [5.74, 6) is 1.78. The van der Waals surface area contributed by atoms with Crippen molar-refractivity contribution in [1.29, 1.82) is 0 Å². The van der Waals surface area contributed by atoms with Crippen LogP contribution in [0.2, 0.25) is 5.02 Å². The molecule has 6 heteroatoms. The van der Waals surface area contributed by atoms with Crippen molar-refractivity contribution >= 4 is 41.3 Å². The molecule has 0 spiro atoms. The summed E-state index contributed by atoms with van der Waals surface area (Å²) < 4.78 is 18.2. The highest BCUT2D eigenvalue weighted by Gasteiger charge is 2.72. The lowest BCUT2D eigenvalue weighted by molar-refractivity contribution is -0.0659. The lowest BCUT2D eigenvalue weighted by atomic mass is 9.59. The van der Waals surface area contributed by atoms with Gasteiger partial charge in [-0.3, -0.25) is 0 Å². The summed E-state index contributed by atoms with van der Waals surface area (Å²) in [6.45, 7) is 7.75. The maximum absolute atomic E-state index is 6.75. The molecule has 3 nitrogen and oxygen atoms in total. The Morgan fingerprint density at radius 2 is 2.08 bits per heavy atom. The van der Waals surface area contributed by atoms with Gasteiger partial charge in [-0.2, -0.15) is 0 Å². The number of para-hydroxylation sites is 1. The molecule has 26 heavy (non-hydrogen) atoms. The molecule has 6 rings (SSSR count). The Labute approximate surface area is 164 Å². The standard InChI is InChI=1S/C20H23BCl2O3/c1-19(2)13-8-16(19)20(3)14(13)10-25-21(26-20)17(23)7-11-9-24-18-12(11)5-4-6-15(18)22/h4-6,9,13-14,16-17H,7-8,10H2,1-3H3/t13-,14?,16-,17+,20+/m0/s1. The topological polar surface area (TPSA) is 31.6 Å². The quantitative estimate of drug-likeness (QED) is 0.520. The minimum absolute atomic E-state index is 0.119. The zero-order valence-corrected chi connectivity index (χ0v) is 16.8. The summed E-state index contributed by atoms with van der Waals surface area (Å²) in [4.78, 5) is 0. The van der Waals surface area contributed by atoms with E-state index in [0.717, 1.165) is 17.6 Å². The molecule has 1 aromatic heterocycles. The van der Waals surface area contributed by atoms with Gasteiger partial charge in [0.1, 0.15) is 0 Å². The number of furan rings is 1. The zero-order chi connectivity index (χ0) is 18.3. The second kappa shape index (κ2) is 5.67. The van der Waals surface area contributed by atoms with E-state index < -0.39 is 7.12 Å². The monoisotopic (exact) mass is 392 g/mol. The number of halogens is 2. The van der Waals surface area contributed by atoms with Crippen molar-refractivity contribution in [2.24, 2.45) is 23.2 Å². The Kier molecular flexibility index (Phi) is 3.80. The molecule has 1 aromatic carbocycles. The zero-order valence-electron chi connectivity index (χ0n) is 15.3. The van der Waals surface area contributed by atoms with Gasteiger partial charge in [-0.05, 0) is 48.6 Å². The molecule has 4 aliphatic rings. The number of fused-ring (bicyclic) bond motifs is 1. The third kappa shape index (κ3) is 2.22. The van der Waals surface area contributed by atoms with Gasteiger partial charge in [0.25, 0.3) is 0 Å². The molecule has 4 fully saturated rings. The van der Waals surface area contributed by atoms with E-state index in [1.807, 2.05) is 18.2 Å². The molecule has 2 heterocycles. The fourth-order valence-electron chi connectivity index (χ4n) is 5.92. The van der Waals surface area contributed by atoms with Crippen molar-refractivity contribution < 1.29 is 13.7 Å². The third-order valence-electron chi connectivity index (χ3n) is 7.41. The first-order valence-electron chi connectivity index (χ1n) is 9.40. The van der Waals surface area contributed by atoms with Crippen LogP contribution in [-0.4, -0.2) is 24.6 Å². The lowest BCUT2D eigenvalue weighted by Gasteiger charge is -2.47. The van der Waals surface area contributed by atoms with Crippen LogP contribution in [0.15, 0.2) is 28.9 Å². The first-order chi connectivity index (χ1) is 12.3. The highest BCUT2D eigenvalue weighted by Crippen LogP contribution is 2.71. The Balaban J connectivity index is 1.35. The highest BCUT2D eigenvalue weighted by molar-refractivity contribution is 6.59. The van der Waals surface area contributed by atoms with E-state index in [0.29, 0.717) is 40.2 Å². The fourth-order valence-corrected chi connectivity index (χ4v) is 6.43. The maximum Gasteiger partial charge on any atom is 0.476 e. The van der Waals surface area contributed by atoms with Gasteiger partial charge >= 0.3 is 7.12 Å². The number of hydrogen-bond acceptors (Lipinski definition) is 3. The van der Waals surface area contributed by atoms with Crippen molar-refractivity contribution in [3.63, 3.8) is 0 Å². The molecule has 3 aliphatic carbocycles. The van der Waals surface area contributed by atoms with Gasteiger partial charge in [-0.15, -0.1) is 11.6 Å². The Morgan fingerprint density at radius 1 is 1.27 bits per heavy atom. The fraction of sp³-hybridized carbons (Fsp3) is 0.600. The summed E-state index contributed by atoms with van der Waals surface area (Å²) >= 11 is 13.0. The Morgan fingerprint density at radius 3 is 2.85 bits per heavy atom. The van der Waals surface area contributed by atoms with Crippen LogP contribution in [0.25, 0.3) is 11.0 Å². The first-order valence-corrected chi connectivity index (χ1v) is 10.2. The second-order valence-electron chi connectivity index (χ2n) is 8.92. The molecule has 2 aromatic rings. The van der Waals surface area contributed by atoms with Gasteiger partial charge in [-0.25, -0.2) is 0 Å². The van der Waals surface area contributed by atoms with Gasteiger partial charge in [0.2, 0.25) is 0 Å². The predicted octanol–water partition coefficient (Wildman–Crippen LogP) is 5.36. The molecule has 138 valence electrons. The van der Waals surface area contributed by atoms with E-state index in [1.165, 1.54) is 6.42 Å². The van der Waals surface area contributed by atoms with Crippen LogP contribution in [-0.2, 0) is 15.7 Å². The van der Waals surface area contributed by atoms with Crippen LogP contribution in [0.1, 0.15) is 32.8 Å². The molecule has 0 N–H and O–H groups in total. The molecular formula is C20H23BCl2O3. The molecule has 3 saturated carbocycles. The van der Waals surface area contributed by atoms with E-state index in [9.17, 15) is 0 Å². The largest absolute Gasteiger partial charge is 0.476 e. The van der Waals surface area contributed by atoms with Crippen LogP contribution in [0, 0.1) is 23.2 Å². The molecule has 1 unspecified atom stereocenters. The van der Waals surface area contributed by atoms with Crippen LogP contribution in [0.3, 0.4) is 0 Å². The van der Waals surface area contributed by atoms with E-state index in [4.69, 9.17) is 36.9 Å². The van der Waals surface area contributed by atoms with E-state index in [2.05, 4.69) is 20.8 Å². The Hall–Kier alpha value is -0.675. The van der Waals surface area contributed by atoms with Gasteiger partial charge in [0.15, 0.2) is 5.58 Å². The maximum atomic E-state index is 6.75. The summed E-state index contributed by atoms with van der Waals surface area (Å²) in [7, 11) is -0.391. The molecule has 1 saturated heterocycles. The average molecular weight is 393 g/mol. The molecule has 0 radical (unpaired) electrons. The summed E-state index contributed by atoms with van der Waals surface area (Å²) in [5, 5.41) is 1.36. The number of hydrogen-bond donors (Lipinski definition) is 0. The number of rotatable bonds is 3. The van der Waals surface area contributed by atoms with Crippen molar-refractivity contribution in [3.05, 3.63) is 35.0 Å². The first kappa shape index (κ1) is 17.4. The van der Waals surface area contributed by atoms with Crippen LogP contribution in [0.4, 0.5) is 0 Å². The van der Waals surface area contributed by atoms with Gasteiger partial charge in [-0.1, -0.05) is 37.6 Å². The average Bonchev–Trinajstić information content (AvgIpc) is 3.19. The van der Waals surface area contributed by atoms with Crippen molar-refractivity contribution in [2.75, 3.05) is 6.61 Å². The lowest BCUT2D eigenvalue weighted by Crippen LogP contribution is -2.54. The van der Waals surface area contributed by atoms with Gasteiger partial charge < -0.3 is 13.7 Å².